The molecule has 7 nitrogen and oxygen atoms in total. The van der Waals surface area contributed by atoms with Crippen LogP contribution in [-0.4, -0.2) is 27.1 Å². The van der Waals surface area contributed by atoms with Crippen LogP contribution in [0.25, 0.3) is 16.7 Å². The number of fused-ring (bicyclic) bond motifs is 3. The summed E-state index contributed by atoms with van der Waals surface area (Å²) in [6, 6.07) is 2.94. The number of aryl methyl sites for hydroxylation is 1. The Morgan fingerprint density at radius 1 is 1.36 bits per heavy atom. The van der Waals surface area contributed by atoms with Crippen molar-refractivity contribution in [1.82, 2.24) is 14.4 Å². The largest absolute Gasteiger partial charge is 0.515 e. The van der Waals surface area contributed by atoms with E-state index in [9.17, 15) is 22.8 Å². The Hall–Kier alpha value is -3.04. The van der Waals surface area contributed by atoms with Crippen LogP contribution in [0.1, 0.15) is 18.2 Å². The monoisotopic (exact) mass is 355 g/mol. The normalized spacial score (nSPS) is 11.9. The van der Waals surface area contributed by atoms with E-state index in [0.717, 1.165) is 12.1 Å². The minimum atomic E-state index is -4.54. The predicted molar refractivity (Wildman–Crippen MR) is 80.7 cm³/mol. The molecule has 10 heteroatoms. The van der Waals surface area contributed by atoms with Crippen LogP contribution in [0.5, 0.6) is 5.88 Å². The van der Waals surface area contributed by atoms with Crippen molar-refractivity contribution in [3.63, 3.8) is 0 Å². The van der Waals surface area contributed by atoms with Gasteiger partial charge in [-0.2, -0.15) is 18.2 Å². The number of ether oxygens (including phenoxy) is 2. The second-order valence-electron chi connectivity index (χ2n) is 5.13. The second-order valence-corrected chi connectivity index (χ2v) is 5.13. The zero-order chi connectivity index (χ0) is 18.4. The van der Waals surface area contributed by atoms with Crippen molar-refractivity contribution in [2.45, 2.75) is 20.0 Å². The molecule has 0 bridgehead atoms. The van der Waals surface area contributed by atoms with Crippen molar-refractivity contribution in [3.8, 4) is 5.88 Å². The van der Waals surface area contributed by atoms with Crippen molar-refractivity contribution in [2.24, 2.45) is 0 Å². The van der Waals surface area contributed by atoms with Crippen molar-refractivity contribution in [3.05, 3.63) is 39.8 Å². The third-order valence-electron chi connectivity index (χ3n) is 3.52. The van der Waals surface area contributed by atoms with Crippen molar-refractivity contribution >= 4 is 22.8 Å². The molecule has 132 valence electrons. The lowest BCUT2D eigenvalue weighted by atomic mass is 10.2. The van der Waals surface area contributed by atoms with E-state index in [2.05, 4.69) is 14.7 Å². The van der Waals surface area contributed by atoms with Crippen LogP contribution in [0, 0.1) is 6.92 Å². The van der Waals surface area contributed by atoms with Gasteiger partial charge < -0.3 is 14.5 Å². The average molecular weight is 355 g/mol. The van der Waals surface area contributed by atoms with Gasteiger partial charge in [-0.1, -0.05) is 0 Å². The molecule has 0 atom stereocenters. The van der Waals surface area contributed by atoms with Crippen LogP contribution < -0.4 is 10.3 Å². The summed E-state index contributed by atoms with van der Waals surface area (Å²) in [5.74, 6) is -0.156. The first-order chi connectivity index (χ1) is 11.7. The Bertz CT molecular complexity index is 1040. The molecule has 0 spiro atoms. The molecule has 0 amide bonds. The molecule has 2 aromatic heterocycles. The quantitative estimate of drug-likeness (QED) is 0.714. The summed E-state index contributed by atoms with van der Waals surface area (Å²) in [6.07, 6.45) is -5.53. The fourth-order valence-electron chi connectivity index (χ4n) is 2.44. The van der Waals surface area contributed by atoms with Crippen LogP contribution in [0.4, 0.5) is 18.0 Å². The highest BCUT2D eigenvalue weighted by Gasteiger charge is 2.31. The Balaban J connectivity index is 2.23. The molecular formula is C15H12F3N3O4. The standard InChI is InChI=1S/C15H12F3N3O4/c1-3-24-14(23)25-13-7(2)21-10-5-4-8(15(16,17)18)6-9(10)19-12(22)11(21)20-13/h4-6H,3H2,1-2H3,(H,19,22). The zero-order valence-corrected chi connectivity index (χ0v) is 13.1. The summed E-state index contributed by atoms with van der Waals surface area (Å²) in [7, 11) is 0. The summed E-state index contributed by atoms with van der Waals surface area (Å²) < 4.78 is 49.4. The lowest BCUT2D eigenvalue weighted by Crippen LogP contribution is -2.12. The number of halogens is 3. The Kier molecular flexibility index (Phi) is 3.90. The van der Waals surface area contributed by atoms with E-state index in [1.54, 1.807) is 6.92 Å². The lowest BCUT2D eigenvalue weighted by molar-refractivity contribution is -0.137. The minimum Gasteiger partial charge on any atom is -0.434 e. The maximum absolute atomic E-state index is 12.8. The summed E-state index contributed by atoms with van der Waals surface area (Å²) in [5, 5.41) is 0. The third kappa shape index (κ3) is 2.90. The SMILES string of the molecule is CCOC(=O)Oc1nc2c(=O)[nH]c3cc(C(F)(F)F)ccc3n2c1C. The number of benzene rings is 1. The number of alkyl halides is 3. The maximum Gasteiger partial charge on any atom is 0.515 e. The molecule has 0 fully saturated rings. The van der Waals surface area contributed by atoms with Gasteiger partial charge in [-0.05, 0) is 32.0 Å². The number of hydrogen-bond acceptors (Lipinski definition) is 5. The van der Waals surface area contributed by atoms with Gasteiger partial charge in [0.2, 0.25) is 11.5 Å². The van der Waals surface area contributed by atoms with Gasteiger partial charge in [0.15, 0.2) is 0 Å². The van der Waals surface area contributed by atoms with E-state index in [-0.39, 0.29) is 34.9 Å². The molecule has 0 radical (unpaired) electrons. The number of aromatic nitrogens is 3. The number of hydrogen-bond donors (Lipinski definition) is 1. The van der Waals surface area contributed by atoms with Crippen LogP contribution >= 0.6 is 0 Å². The van der Waals surface area contributed by atoms with Gasteiger partial charge in [0.05, 0.1) is 28.9 Å². The van der Waals surface area contributed by atoms with E-state index in [4.69, 9.17) is 4.74 Å². The number of imidazole rings is 1. The number of rotatable bonds is 2. The van der Waals surface area contributed by atoms with E-state index in [1.165, 1.54) is 17.4 Å². The van der Waals surface area contributed by atoms with Crippen LogP contribution in [0.15, 0.2) is 23.0 Å². The van der Waals surface area contributed by atoms with E-state index < -0.39 is 23.5 Å². The van der Waals surface area contributed by atoms with Crippen molar-refractivity contribution in [1.29, 1.82) is 0 Å². The number of H-pyrrole nitrogens is 1. The van der Waals surface area contributed by atoms with Gasteiger partial charge in [0.25, 0.3) is 5.56 Å². The third-order valence-corrected chi connectivity index (χ3v) is 3.52. The van der Waals surface area contributed by atoms with Gasteiger partial charge in [0.1, 0.15) is 0 Å². The minimum absolute atomic E-state index is 0.0180. The van der Waals surface area contributed by atoms with Crippen LogP contribution in [-0.2, 0) is 10.9 Å². The number of carbonyl (C=O) groups is 1. The average Bonchev–Trinajstić information content (AvgIpc) is 2.84. The molecular weight excluding hydrogens is 343 g/mol. The number of carbonyl (C=O) groups excluding carboxylic acids is 1. The predicted octanol–water partition coefficient (Wildman–Crippen LogP) is 3.04. The van der Waals surface area contributed by atoms with Crippen molar-refractivity contribution in [2.75, 3.05) is 6.61 Å². The Labute approximate surface area is 138 Å². The highest BCUT2D eigenvalue weighted by molar-refractivity contribution is 5.79. The van der Waals surface area contributed by atoms with Gasteiger partial charge in [-0.3, -0.25) is 9.20 Å². The molecule has 3 aromatic rings. The number of aromatic amines is 1. The summed E-state index contributed by atoms with van der Waals surface area (Å²) in [6.45, 7) is 3.20. The van der Waals surface area contributed by atoms with Gasteiger partial charge >= 0.3 is 12.3 Å². The van der Waals surface area contributed by atoms with Crippen molar-refractivity contribution < 1.29 is 27.4 Å². The summed E-state index contributed by atoms with van der Waals surface area (Å²) in [4.78, 5) is 29.9. The molecule has 0 aliphatic rings. The molecule has 0 saturated carbocycles. The number of nitrogens with one attached hydrogen (secondary N) is 1. The molecule has 3 rings (SSSR count). The van der Waals surface area contributed by atoms with E-state index >= 15 is 0 Å². The highest BCUT2D eigenvalue weighted by atomic mass is 19.4. The fourth-order valence-corrected chi connectivity index (χ4v) is 2.44. The fraction of sp³-hybridized carbons (Fsp3) is 0.267. The van der Waals surface area contributed by atoms with Gasteiger partial charge in [-0.15, -0.1) is 0 Å². The molecule has 0 unspecified atom stereocenters. The summed E-state index contributed by atoms with van der Waals surface area (Å²) in [5.41, 5.74) is -1.17. The Morgan fingerprint density at radius 2 is 2.08 bits per heavy atom. The van der Waals surface area contributed by atoms with Gasteiger partial charge in [-0.25, -0.2) is 4.79 Å². The molecule has 25 heavy (non-hydrogen) atoms. The Morgan fingerprint density at radius 3 is 2.72 bits per heavy atom. The first-order valence-corrected chi connectivity index (χ1v) is 7.19. The molecule has 0 saturated heterocycles. The maximum atomic E-state index is 12.8. The smallest absolute Gasteiger partial charge is 0.434 e. The number of nitrogens with zero attached hydrogens (tertiary/aromatic N) is 2. The molecule has 1 N–H and O–H groups in total. The van der Waals surface area contributed by atoms with E-state index in [1.807, 2.05) is 0 Å². The zero-order valence-electron chi connectivity index (χ0n) is 13.1. The molecule has 0 aliphatic heterocycles. The second kappa shape index (κ2) is 5.80. The lowest BCUT2D eigenvalue weighted by Gasteiger charge is -2.09. The molecule has 0 aliphatic carbocycles. The molecule has 1 aromatic carbocycles. The highest BCUT2D eigenvalue weighted by Crippen LogP contribution is 2.31. The topological polar surface area (TPSA) is 85.7 Å². The van der Waals surface area contributed by atoms with Gasteiger partial charge in [0, 0.05) is 0 Å². The first kappa shape index (κ1) is 16.8. The van der Waals surface area contributed by atoms with Crippen LogP contribution in [0.2, 0.25) is 0 Å². The summed E-state index contributed by atoms with van der Waals surface area (Å²) >= 11 is 0. The van der Waals surface area contributed by atoms with Crippen LogP contribution in [0.3, 0.4) is 0 Å². The van der Waals surface area contributed by atoms with E-state index in [0.29, 0.717) is 0 Å². The first-order valence-electron chi connectivity index (χ1n) is 7.19. The molecule has 2 heterocycles.